The van der Waals surface area contributed by atoms with Crippen LogP contribution in [-0.2, 0) is 11.8 Å². The molecule has 0 bridgehead atoms. The minimum Gasteiger partial charge on any atom is -0.0813 e. The molecule has 0 atom stereocenters. The fourth-order valence-electron chi connectivity index (χ4n) is 0.702. The summed E-state index contributed by atoms with van der Waals surface area (Å²) in [5.74, 6) is 0. The van der Waals surface area contributed by atoms with Crippen LogP contribution in [0.15, 0.2) is 4.90 Å². The van der Waals surface area contributed by atoms with Crippen molar-refractivity contribution in [1.82, 2.24) is 0 Å². The van der Waals surface area contributed by atoms with E-state index in [-0.39, 0.29) is 25.1 Å². The van der Waals surface area contributed by atoms with Gasteiger partial charge in [0.1, 0.15) is 0 Å². The van der Waals surface area contributed by atoms with Crippen LogP contribution in [0.2, 0.25) is 25.1 Å². The molecule has 0 N–H and O–H groups in total. The topological polar surface area (TPSA) is 0 Å². The number of hydrogen-bond acceptors (Lipinski definition) is 2. The van der Waals surface area contributed by atoms with Crippen molar-refractivity contribution >= 4 is 87.8 Å². The van der Waals surface area contributed by atoms with Crippen LogP contribution < -0.4 is 0 Å². The molecule has 0 aliphatic rings. The molecule has 0 aliphatic heterocycles. The zero-order valence-corrected chi connectivity index (χ0v) is 12.5. The van der Waals surface area contributed by atoms with Crippen LogP contribution in [0.4, 0.5) is 0 Å². The Labute approximate surface area is 117 Å². The van der Waals surface area contributed by atoms with E-state index >= 15 is 0 Å². The van der Waals surface area contributed by atoms with Gasteiger partial charge in [-0.15, -0.1) is 0 Å². The Balaban J connectivity index is 3.50. The second-order valence-electron chi connectivity index (χ2n) is 2.06. The zero-order chi connectivity index (χ0) is 10.9. The van der Waals surface area contributed by atoms with Crippen molar-refractivity contribution < 1.29 is 0 Å². The molecule has 0 saturated heterocycles. The highest BCUT2D eigenvalue weighted by molar-refractivity contribution is 8.58. The van der Waals surface area contributed by atoms with Crippen molar-refractivity contribution in [2.75, 3.05) is 0 Å². The zero-order valence-electron chi connectivity index (χ0n) is 6.15. The molecular weight excluding hydrogens is 344 g/mol. The van der Waals surface area contributed by atoms with E-state index in [9.17, 15) is 0 Å². The van der Waals surface area contributed by atoms with Crippen molar-refractivity contribution in [2.24, 2.45) is 0 Å². The second-order valence-corrected chi connectivity index (χ2v) is 7.03. The van der Waals surface area contributed by atoms with Gasteiger partial charge in [-0.3, -0.25) is 0 Å². The lowest BCUT2D eigenvalue weighted by Gasteiger charge is -2.09. The Bertz CT molecular complexity index is 365. The summed E-state index contributed by atoms with van der Waals surface area (Å²) in [7, 11) is 0. The molecule has 0 unspecified atom stereocenters. The summed E-state index contributed by atoms with van der Waals surface area (Å²) < 4.78 is 0. The third-order valence-corrected chi connectivity index (χ3v) is 5.91. The standard InChI is InChI=1S/C6Cl5PS2/c7-1-2(8)4(10)6(14-12-13)5(11)3(1)9. The maximum absolute atomic E-state index is 5.92. The smallest absolute Gasteiger partial charge is 0.0809 e. The molecule has 0 nitrogen and oxygen atoms in total. The van der Waals surface area contributed by atoms with Gasteiger partial charge in [0.25, 0.3) is 0 Å². The summed E-state index contributed by atoms with van der Waals surface area (Å²) in [6.07, 6.45) is 0. The number of rotatable bonds is 2. The molecule has 1 aromatic rings. The average molecular weight is 344 g/mol. The highest BCUT2D eigenvalue weighted by Crippen LogP contribution is 2.50. The van der Waals surface area contributed by atoms with Gasteiger partial charge in [0, 0.05) is 6.56 Å². The summed E-state index contributed by atoms with van der Waals surface area (Å²) in [4.78, 5) is 0.560. The molecule has 0 fully saturated rings. The Hall–Kier alpha value is 1.54. The van der Waals surface area contributed by atoms with Crippen LogP contribution in [0.5, 0.6) is 0 Å². The first-order valence-electron chi connectivity index (χ1n) is 3.01. The fourth-order valence-corrected chi connectivity index (χ4v) is 4.39. The van der Waals surface area contributed by atoms with E-state index in [2.05, 4.69) is 0 Å². The summed E-state index contributed by atoms with van der Waals surface area (Å²) in [6, 6.07) is 0. The van der Waals surface area contributed by atoms with Gasteiger partial charge in [-0.1, -0.05) is 69.4 Å². The lowest BCUT2D eigenvalue weighted by atomic mass is 10.3. The molecule has 76 valence electrons. The molecule has 0 saturated carbocycles. The predicted molar refractivity (Wildman–Crippen MR) is 71.6 cm³/mol. The first-order chi connectivity index (χ1) is 6.50. The van der Waals surface area contributed by atoms with Crippen LogP contribution in [0, 0.1) is 0 Å². The summed E-state index contributed by atoms with van der Waals surface area (Å²) in [5, 5.41) is 1.13. The van der Waals surface area contributed by atoms with E-state index in [1.165, 1.54) is 11.4 Å². The van der Waals surface area contributed by atoms with Gasteiger partial charge in [0.2, 0.25) is 0 Å². The molecule has 0 amide bonds. The van der Waals surface area contributed by atoms with E-state index in [1.54, 1.807) is 0 Å². The number of hydrogen-bond donors (Lipinski definition) is 0. The van der Waals surface area contributed by atoms with Crippen LogP contribution in [0.1, 0.15) is 0 Å². The monoisotopic (exact) mass is 342 g/mol. The van der Waals surface area contributed by atoms with Crippen molar-refractivity contribution in [2.45, 2.75) is 4.90 Å². The maximum Gasteiger partial charge on any atom is 0.0809 e. The van der Waals surface area contributed by atoms with E-state index in [4.69, 9.17) is 69.8 Å². The van der Waals surface area contributed by atoms with E-state index in [0.717, 1.165) is 0 Å². The third-order valence-electron chi connectivity index (χ3n) is 1.30. The summed E-state index contributed by atoms with van der Waals surface area (Å²) >= 11 is 35.3. The predicted octanol–water partition coefficient (Wildman–Crippen LogP) is 6.37. The van der Waals surface area contributed by atoms with Gasteiger partial charge >= 0.3 is 0 Å². The molecule has 1 aromatic carbocycles. The molecule has 0 spiro atoms. The highest BCUT2D eigenvalue weighted by Gasteiger charge is 2.18. The van der Waals surface area contributed by atoms with Gasteiger partial charge in [0.05, 0.1) is 30.0 Å². The average Bonchev–Trinajstić information content (AvgIpc) is 2.19. The highest BCUT2D eigenvalue weighted by atomic mass is 35.5. The van der Waals surface area contributed by atoms with Crippen LogP contribution >= 0.6 is 75.9 Å². The molecule has 1 rings (SSSR count). The SMILES string of the molecule is S=PSc1c(Cl)c(Cl)c(Cl)c(Cl)c1Cl. The third kappa shape index (κ3) is 2.61. The fraction of sp³-hybridized carbons (Fsp3) is 0. The number of halogens is 5. The lowest BCUT2D eigenvalue weighted by Crippen LogP contribution is -1.81. The molecule has 0 radical (unpaired) electrons. The van der Waals surface area contributed by atoms with Crippen LogP contribution in [0.25, 0.3) is 0 Å². The normalized spacial score (nSPS) is 10.9. The van der Waals surface area contributed by atoms with Gasteiger partial charge < -0.3 is 0 Å². The van der Waals surface area contributed by atoms with Crippen molar-refractivity contribution in [3.63, 3.8) is 0 Å². The van der Waals surface area contributed by atoms with Crippen molar-refractivity contribution in [3.05, 3.63) is 25.1 Å². The van der Waals surface area contributed by atoms with Crippen LogP contribution in [0.3, 0.4) is 0 Å². The van der Waals surface area contributed by atoms with Gasteiger partial charge in [0.15, 0.2) is 0 Å². The van der Waals surface area contributed by atoms with Crippen molar-refractivity contribution in [3.8, 4) is 0 Å². The molecule has 0 heterocycles. The van der Waals surface area contributed by atoms with E-state index in [0.29, 0.717) is 11.5 Å². The minimum absolute atomic E-state index is 0.161. The first kappa shape index (κ1) is 13.6. The molecule has 14 heavy (non-hydrogen) atoms. The number of benzene rings is 1. The Morgan fingerprint density at radius 3 is 1.50 bits per heavy atom. The summed E-state index contributed by atoms with van der Waals surface area (Å²) in [5.41, 5.74) is 0. The Morgan fingerprint density at radius 1 is 0.786 bits per heavy atom. The second kappa shape index (κ2) is 5.75. The minimum atomic E-state index is 0.161. The lowest BCUT2D eigenvalue weighted by molar-refractivity contribution is 1.47. The van der Waals surface area contributed by atoms with Gasteiger partial charge in [-0.2, -0.15) is 0 Å². The van der Waals surface area contributed by atoms with Gasteiger partial charge in [-0.25, -0.2) is 0 Å². The Morgan fingerprint density at radius 2 is 1.14 bits per heavy atom. The van der Waals surface area contributed by atoms with Gasteiger partial charge in [-0.05, 0) is 11.8 Å². The van der Waals surface area contributed by atoms with E-state index < -0.39 is 0 Å². The molecular formula is C6Cl5PS2. The quantitative estimate of drug-likeness (QED) is 0.347. The largest absolute Gasteiger partial charge is 0.0813 e. The Kier molecular flexibility index (Phi) is 5.58. The molecule has 0 aromatic heterocycles. The van der Waals surface area contributed by atoms with Crippen molar-refractivity contribution in [1.29, 1.82) is 0 Å². The summed E-state index contributed by atoms with van der Waals surface area (Å²) in [6.45, 7) is 0.633. The molecule has 0 aliphatic carbocycles. The van der Waals surface area contributed by atoms with E-state index in [1.807, 2.05) is 0 Å². The first-order valence-corrected chi connectivity index (χ1v) is 8.23. The van der Waals surface area contributed by atoms with Crippen LogP contribution in [-0.4, -0.2) is 0 Å². The maximum atomic E-state index is 5.92. The molecule has 8 heteroatoms.